The lowest BCUT2D eigenvalue weighted by Crippen LogP contribution is -2.39. The van der Waals surface area contributed by atoms with Crippen molar-refractivity contribution >= 4 is 17.7 Å². The summed E-state index contributed by atoms with van der Waals surface area (Å²) in [4.78, 5) is 26.3. The number of carboxylic acid groups (broad SMARTS) is 1. The zero-order valence-electron chi connectivity index (χ0n) is 11.3. The summed E-state index contributed by atoms with van der Waals surface area (Å²) in [6.45, 7) is 6.04. The van der Waals surface area contributed by atoms with Crippen LogP contribution in [0.15, 0.2) is 18.5 Å². The van der Waals surface area contributed by atoms with Crippen molar-refractivity contribution < 1.29 is 14.7 Å². The maximum atomic E-state index is 11.7. The number of aromatic nitrogens is 1. The first-order chi connectivity index (χ1) is 8.93. The second-order valence-electron chi connectivity index (χ2n) is 4.54. The van der Waals surface area contributed by atoms with E-state index in [2.05, 4.69) is 29.5 Å². The van der Waals surface area contributed by atoms with Gasteiger partial charge >= 0.3 is 12.0 Å². The zero-order valence-corrected chi connectivity index (χ0v) is 11.3. The SMILES string of the molecule is CCC(C)C(C)NC(=O)Nc1cncc(C(=O)O)c1. The number of carboxylic acids is 1. The smallest absolute Gasteiger partial charge is 0.337 e. The van der Waals surface area contributed by atoms with Gasteiger partial charge in [0, 0.05) is 12.2 Å². The standard InChI is InChI=1S/C13H19N3O3/c1-4-8(2)9(3)15-13(19)16-11-5-10(12(17)18)6-14-7-11/h5-9H,4H2,1-3H3,(H,17,18)(H2,15,16,19). The molecule has 19 heavy (non-hydrogen) atoms. The second-order valence-corrected chi connectivity index (χ2v) is 4.54. The number of anilines is 1. The summed E-state index contributed by atoms with van der Waals surface area (Å²) < 4.78 is 0. The third kappa shape index (κ3) is 4.57. The summed E-state index contributed by atoms with van der Waals surface area (Å²) >= 11 is 0. The van der Waals surface area contributed by atoms with E-state index in [4.69, 9.17) is 5.11 Å². The molecule has 1 heterocycles. The Hall–Kier alpha value is -2.11. The van der Waals surface area contributed by atoms with Crippen LogP contribution in [0.25, 0.3) is 0 Å². The molecule has 1 aromatic rings. The molecule has 0 saturated carbocycles. The summed E-state index contributed by atoms with van der Waals surface area (Å²) in [7, 11) is 0. The summed E-state index contributed by atoms with van der Waals surface area (Å²) in [5.41, 5.74) is 0.390. The van der Waals surface area contributed by atoms with Crippen LogP contribution in [0.5, 0.6) is 0 Å². The molecule has 0 aliphatic carbocycles. The third-order valence-electron chi connectivity index (χ3n) is 3.10. The number of carbonyl (C=O) groups excluding carboxylic acids is 1. The fourth-order valence-corrected chi connectivity index (χ4v) is 1.50. The molecule has 0 spiro atoms. The molecular weight excluding hydrogens is 246 g/mol. The van der Waals surface area contributed by atoms with E-state index in [1.165, 1.54) is 18.5 Å². The van der Waals surface area contributed by atoms with Crippen LogP contribution in [0.3, 0.4) is 0 Å². The topological polar surface area (TPSA) is 91.3 Å². The van der Waals surface area contributed by atoms with Crippen LogP contribution in [-0.2, 0) is 0 Å². The predicted molar refractivity (Wildman–Crippen MR) is 72.3 cm³/mol. The summed E-state index contributed by atoms with van der Waals surface area (Å²) in [6.07, 6.45) is 3.60. The maximum Gasteiger partial charge on any atom is 0.337 e. The minimum Gasteiger partial charge on any atom is -0.478 e. The molecule has 0 aliphatic heterocycles. The Morgan fingerprint density at radius 1 is 1.37 bits per heavy atom. The summed E-state index contributed by atoms with van der Waals surface area (Å²) in [5.74, 6) is -0.709. The van der Waals surface area contributed by atoms with Gasteiger partial charge in [0.2, 0.25) is 0 Å². The van der Waals surface area contributed by atoms with Crippen molar-refractivity contribution in [1.29, 1.82) is 0 Å². The number of aromatic carboxylic acids is 1. The Kier molecular flexibility index (Phi) is 5.29. The molecule has 1 aromatic heterocycles. The molecule has 6 heteroatoms. The number of hydrogen-bond donors (Lipinski definition) is 3. The molecule has 0 radical (unpaired) electrons. The van der Waals surface area contributed by atoms with Crippen LogP contribution in [-0.4, -0.2) is 28.1 Å². The van der Waals surface area contributed by atoms with Crippen molar-refractivity contribution in [2.75, 3.05) is 5.32 Å². The van der Waals surface area contributed by atoms with Crippen LogP contribution in [0.1, 0.15) is 37.6 Å². The number of hydrogen-bond acceptors (Lipinski definition) is 3. The summed E-state index contributed by atoms with van der Waals surface area (Å²) in [6, 6.07) is 1.04. The van der Waals surface area contributed by atoms with Crippen molar-refractivity contribution in [3.05, 3.63) is 24.0 Å². The van der Waals surface area contributed by atoms with Crippen molar-refractivity contribution in [1.82, 2.24) is 10.3 Å². The molecule has 6 nitrogen and oxygen atoms in total. The fourth-order valence-electron chi connectivity index (χ4n) is 1.50. The van der Waals surface area contributed by atoms with Crippen molar-refractivity contribution in [3.63, 3.8) is 0 Å². The Morgan fingerprint density at radius 3 is 2.63 bits per heavy atom. The average molecular weight is 265 g/mol. The van der Waals surface area contributed by atoms with Gasteiger partial charge in [-0.05, 0) is 18.9 Å². The first-order valence-electron chi connectivity index (χ1n) is 6.20. The molecule has 1 rings (SSSR count). The van der Waals surface area contributed by atoms with E-state index in [9.17, 15) is 9.59 Å². The number of nitrogens with one attached hydrogen (secondary N) is 2. The molecule has 2 amide bonds. The molecule has 0 saturated heterocycles. The van der Waals surface area contributed by atoms with Gasteiger partial charge in [-0.2, -0.15) is 0 Å². The lowest BCUT2D eigenvalue weighted by Gasteiger charge is -2.20. The molecule has 2 atom stereocenters. The molecule has 0 aliphatic rings. The van der Waals surface area contributed by atoms with E-state index in [1.54, 1.807) is 0 Å². The van der Waals surface area contributed by atoms with Gasteiger partial charge in [0.1, 0.15) is 0 Å². The molecule has 0 aromatic carbocycles. The van der Waals surface area contributed by atoms with Crippen LogP contribution >= 0.6 is 0 Å². The lowest BCUT2D eigenvalue weighted by atomic mass is 10.0. The highest BCUT2D eigenvalue weighted by molar-refractivity contribution is 5.92. The van der Waals surface area contributed by atoms with Gasteiger partial charge in [-0.25, -0.2) is 9.59 Å². The number of nitrogens with zero attached hydrogens (tertiary/aromatic N) is 1. The van der Waals surface area contributed by atoms with Gasteiger partial charge in [-0.1, -0.05) is 20.3 Å². The molecule has 0 fully saturated rings. The van der Waals surface area contributed by atoms with Gasteiger partial charge in [-0.15, -0.1) is 0 Å². The number of rotatable bonds is 5. The van der Waals surface area contributed by atoms with Crippen molar-refractivity contribution in [2.45, 2.75) is 33.2 Å². The average Bonchev–Trinajstić information content (AvgIpc) is 2.37. The largest absolute Gasteiger partial charge is 0.478 e. The predicted octanol–water partition coefficient (Wildman–Crippen LogP) is 2.34. The van der Waals surface area contributed by atoms with E-state index >= 15 is 0 Å². The van der Waals surface area contributed by atoms with Gasteiger partial charge < -0.3 is 15.7 Å². The van der Waals surface area contributed by atoms with E-state index < -0.39 is 5.97 Å². The zero-order chi connectivity index (χ0) is 14.4. The minimum absolute atomic E-state index is 0.0350. The first kappa shape index (κ1) is 14.9. The van der Waals surface area contributed by atoms with Gasteiger partial charge in [-0.3, -0.25) is 4.98 Å². The van der Waals surface area contributed by atoms with Crippen LogP contribution in [0.4, 0.5) is 10.5 Å². The van der Waals surface area contributed by atoms with E-state index in [0.717, 1.165) is 6.42 Å². The second kappa shape index (κ2) is 6.72. The lowest BCUT2D eigenvalue weighted by molar-refractivity contribution is 0.0696. The van der Waals surface area contributed by atoms with Crippen LogP contribution in [0, 0.1) is 5.92 Å². The molecular formula is C13H19N3O3. The molecule has 3 N–H and O–H groups in total. The number of pyridine rings is 1. The Balaban J connectivity index is 2.62. The van der Waals surface area contributed by atoms with Crippen LogP contribution in [0.2, 0.25) is 0 Å². The van der Waals surface area contributed by atoms with Gasteiger partial charge in [0.15, 0.2) is 0 Å². The quantitative estimate of drug-likeness (QED) is 0.762. The monoisotopic (exact) mass is 265 g/mol. The van der Waals surface area contributed by atoms with Crippen molar-refractivity contribution in [3.8, 4) is 0 Å². The number of amides is 2. The highest BCUT2D eigenvalue weighted by atomic mass is 16.4. The Bertz CT molecular complexity index is 462. The molecule has 104 valence electrons. The van der Waals surface area contributed by atoms with Crippen molar-refractivity contribution in [2.24, 2.45) is 5.92 Å². The van der Waals surface area contributed by atoms with Gasteiger partial charge in [0.25, 0.3) is 0 Å². The minimum atomic E-state index is -1.08. The maximum absolute atomic E-state index is 11.7. The van der Waals surface area contributed by atoms with Gasteiger partial charge in [0.05, 0.1) is 17.4 Å². The van der Waals surface area contributed by atoms with Crippen LogP contribution < -0.4 is 10.6 Å². The third-order valence-corrected chi connectivity index (χ3v) is 3.10. The van der Waals surface area contributed by atoms with E-state index in [0.29, 0.717) is 11.6 Å². The normalized spacial score (nSPS) is 13.4. The highest BCUT2D eigenvalue weighted by Crippen LogP contribution is 2.10. The molecule has 0 bridgehead atoms. The first-order valence-corrected chi connectivity index (χ1v) is 6.20. The number of carbonyl (C=O) groups is 2. The molecule has 2 unspecified atom stereocenters. The fraction of sp³-hybridized carbons (Fsp3) is 0.462. The Labute approximate surface area is 112 Å². The number of urea groups is 1. The summed E-state index contributed by atoms with van der Waals surface area (Å²) in [5, 5.41) is 14.2. The Morgan fingerprint density at radius 2 is 2.05 bits per heavy atom. The van der Waals surface area contributed by atoms with E-state index in [1.807, 2.05) is 6.92 Å². The van der Waals surface area contributed by atoms with E-state index in [-0.39, 0.29) is 17.6 Å². The highest BCUT2D eigenvalue weighted by Gasteiger charge is 2.13.